The average molecular weight is 228 g/mol. The van der Waals surface area contributed by atoms with Gasteiger partial charge in [0.1, 0.15) is 0 Å². The van der Waals surface area contributed by atoms with E-state index in [1.165, 1.54) is 19.5 Å². The molecule has 0 aliphatic carbocycles. The first-order chi connectivity index (χ1) is 7.63. The van der Waals surface area contributed by atoms with Crippen LogP contribution in [-0.4, -0.2) is 50.3 Å². The van der Waals surface area contributed by atoms with Crippen molar-refractivity contribution in [2.24, 2.45) is 5.92 Å². The van der Waals surface area contributed by atoms with Gasteiger partial charge in [-0.15, -0.1) is 0 Å². The number of hydrogen-bond acceptors (Lipinski definition) is 3. The summed E-state index contributed by atoms with van der Waals surface area (Å²) >= 11 is 0. The van der Waals surface area contributed by atoms with Gasteiger partial charge < -0.3 is 10.1 Å². The molecule has 3 nitrogen and oxygen atoms in total. The summed E-state index contributed by atoms with van der Waals surface area (Å²) < 4.78 is 5.12. The van der Waals surface area contributed by atoms with E-state index in [0.717, 1.165) is 25.5 Å². The monoisotopic (exact) mass is 228 g/mol. The highest BCUT2D eigenvalue weighted by Gasteiger charge is 2.24. The van der Waals surface area contributed by atoms with Crippen molar-refractivity contribution < 1.29 is 4.74 Å². The van der Waals surface area contributed by atoms with Crippen LogP contribution in [0.15, 0.2) is 0 Å². The van der Waals surface area contributed by atoms with Gasteiger partial charge in [-0.3, -0.25) is 4.90 Å². The molecule has 16 heavy (non-hydrogen) atoms. The van der Waals surface area contributed by atoms with E-state index < -0.39 is 0 Å². The lowest BCUT2D eigenvalue weighted by atomic mass is 10.00. The van der Waals surface area contributed by atoms with Crippen LogP contribution in [0, 0.1) is 5.92 Å². The molecule has 0 aromatic rings. The normalized spacial score (nSPS) is 27.6. The Labute approximate surface area is 101 Å². The Balaban J connectivity index is 2.30. The standard InChI is InChI=1S/C13H28N2O/c1-11(2)8-13-10-15(6-5-7-16-4)12(3)9-14-13/h11-14H,5-10H2,1-4H3. The van der Waals surface area contributed by atoms with Crippen LogP contribution < -0.4 is 5.32 Å². The molecule has 0 bridgehead atoms. The van der Waals surface area contributed by atoms with Crippen LogP contribution in [0.4, 0.5) is 0 Å². The molecule has 1 saturated heterocycles. The number of nitrogens with one attached hydrogen (secondary N) is 1. The van der Waals surface area contributed by atoms with Gasteiger partial charge in [-0.1, -0.05) is 13.8 Å². The summed E-state index contributed by atoms with van der Waals surface area (Å²) in [5.41, 5.74) is 0. The molecule has 0 saturated carbocycles. The van der Waals surface area contributed by atoms with E-state index in [1.54, 1.807) is 7.11 Å². The summed E-state index contributed by atoms with van der Waals surface area (Å²) in [7, 11) is 1.78. The van der Waals surface area contributed by atoms with Gasteiger partial charge in [0.05, 0.1) is 0 Å². The smallest absolute Gasteiger partial charge is 0.0474 e. The van der Waals surface area contributed by atoms with E-state index in [2.05, 4.69) is 31.0 Å². The van der Waals surface area contributed by atoms with Crippen molar-refractivity contribution in [3.8, 4) is 0 Å². The van der Waals surface area contributed by atoms with Gasteiger partial charge >= 0.3 is 0 Å². The molecule has 2 unspecified atom stereocenters. The van der Waals surface area contributed by atoms with Crippen LogP contribution in [0.1, 0.15) is 33.6 Å². The Bertz CT molecular complexity index is 185. The fraction of sp³-hybridized carbons (Fsp3) is 1.00. The van der Waals surface area contributed by atoms with Gasteiger partial charge in [-0.05, 0) is 25.7 Å². The molecule has 2 atom stereocenters. The number of methoxy groups -OCH3 is 1. The summed E-state index contributed by atoms with van der Waals surface area (Å²) in [6.07, 6.45) is 2.43. The van der Waals surface area contributed by atoms with Gasteiger partial charge in [0.2, 0.25) is 0 Å². The highest BCUT2D eigenvalue weighted by molar-refractivity contribution is 4.84. The maximum Gasteiger partial charge on any atom is 0.0474 e. The van der Waals surface area contributed by atoms with Crippen LogP contribution in [0.3, 0.4) is 0 Å². The van der Waals surface area contributed by atoms with E-state index in [0.29, 0.717) is 12.1 Å². The maximum atomic E-state index is 5.12. The predicted octanol–water partition coefficient (Wildman–Crippen LogP) is 1.73. The topological polar surface area (TPSA) is 24.5 Å². The summed E-state index contributed by atoms with van der Waals surface area (Å²) in [4.78, 5) is 2.60. The molecule has 1 heterocycles. The van der Waals surface area contributed by atoms with E-state index in [-0.39, 0.29) is 0 Å². The van der Waals surface area contributed by atoms with Crippen LogP contribution >= 0.6 is 0 Å². The second-order valence-corrected chi connectivity index (χ2v) is 5.43. The number of ether oxygens (including phenoxy) is 1. The third-order valence-corrected chi connectivity index (χ3v) is 3.33. The van der Waals surface area contributed by atoms with Gasteiger partial charge in [0, 0.05) is 45.4 Å². The molecule has 0 spiro atoms. The largest absolute Gasteiger partial charge is 0.385 e. The quantitative estimate of drug-likeness (QED) is 0.701. The second-order valence-electron chi connectivity index (χ2n) is 5.43. The number of piperazine rings is 1. The molecule has 1 fully saturated rings. The third-order valence-electron chi connectivity index (χ3n) is 3.33. The first-order valence-electron chi connectivity index (χ1n) is 6.59. The van der Waals surface area contributed by atoms with Crippen molar-refractivity contribution in [1.82, 2.24) is 10.2 Å². The van der Waals surface area contributed by atoms with Crippen molar-refractivity contribution >= 4 is 0 Å². The molecule has 1 N–H and O–H groups in total. The number of hydrogen-bond donors (Lipinski definition) is 1. The van der Waals surface area contributed by atoms with Crippen molar-refractivity contribution in [1.29, 1.82) is 0 Å². The van der Waals surface area contributed by atoms with Gasteiger partial charge in [0.15, 0.2) is 0 Å². The Kier molecular flexibility index (Phi) is 6.32. The Morgan fingerprint density at radius 2 is 2.19 bits per heavy atom. The second kappa shape index (κ2) is 7.25. The molecule has 1 aliphatic rings. The van der Waals surface area contributed by atoms with E-state index in [1.807, 2.05) is 0 Å². The minimum atomic E-state index is 0.667. The van der Waals surface area contributed by atoms with E-state index in [9.17, 15) is 0 Å². The van der Waals surface area contributed by atoms with E-state index >= 15 is 0 Å². The molecular weight excluding hydrogens is 200 g/mol. The summed E-state index contributed by atoms with van der Waals surface area (Å²) in [6.45, 7) is 11.3. The number of nitrogens with zero attached hydrogens (tertiary/aromatic N) is 1. The minimum absolute atomic E-state index is 0.667. The molecule has 0 aromatic carbocycles. The summed E-state index contributed by atoms with van der Waals surface area (Å²) in [6, 6.07) is 1.35. The minimum Gasteiger partial charge on any atom is -0.385 e. The molecular formula is C13H28N2O. The predicted molar refractivity (Wildman–Crippen MR) is 68.8 cm³/mol. The summed E-state index contributed by atoms with van der Waals surface area (Å²) in [5.74, 6) is 0.784. The van der Waals surface area contributed by atoms with Crippen LogP contribution in [0.2, 0.25) is 0 Å². The Morgan fingerprint density at radius 1 is 1.44 bits per heavy atom. The highest BCUT2D eigenvalue weighted by atomic mass is 16.5. The van der Waals surface area contributed by atoms with Crippen LogP contribution in [0.25, 0.3) is 0 Å². The van der Waals surface area contributed by atoms with Crippen LogP contribution in [-0.2, 0) is 4.74 Å². The SMILES string of the molecule is COCCCN1CC(CC(C)C)NCC1C. The zero-order valence-corrected chi connectivity index (χ0v) is 11.3. The van der Waals surface area contributed by atoms with Gasteiger partial charge in [-0.2, -0.15) is 0 Å². The molecule has 3 heteroatoms. The zero-order valence-electron chi connectivity index (χ0n) is 11.3. The first kappa shape index (κ1) is 13.9. The van der Waals surface area contributed by atoms with E-state index in [4.69, 9.17) is 4.74 Å². The molecule has 0 amide bonds. The van der Waals surface area contributed by atoms with Crippen molar-refractivity contribution in [2.45, 2.75) is 45.7 Å². The average Bonchev–Trinajstić information content (AvgIpc) is 2.22. The molecule has 0 radical (unpaired) electrons. The molecule has 1 aliphatic heterocycles. The molecule has 1 rings (SSSR count). The third kappa shape index (κ3) is 4.81. The van der Waals surface area contributed by atoms with Crippen molar-refractivity contribution in [3.05, 3.63) is 0 Å². The fourth-order valence-corrected chi connectivity index (χ4v) is 2.44. The number of rotatable bonds is 6. The Morgan fingerprint density at radius 3 is 2.81 bits per heavy atom. The maximum absolute atomic E-state index is 5.12. The lowest BCUT2D eigenvalue weighted by Gasteiger charge is -2.39. The van der Waals surface area contributed by atoms with Crippen molar-refractivity contribution in [3.63, 3.8) is 0 Å². The van der Waals surface area contributed by atoms with Gasteiger partial charge in [0.25, 0.3) is 0 Å². The molecule has 96 valence electrons. The highest BCUT2D eigenvalue weighted by Crippen LogP contribution is 2.13. The molecule has 0 aromatic heterocycles. The summed E-state index contributed by atoms with van der Waals surface area (Å²) in [5, 5.41) is 3.65. The Hall–Kier alpha value is -0.120. The van der Waals surface area contributed by atoms with Gasteiger partial charge in [-0.25, -0.2) is 0 Å². The lowest BCUT2D eigenvalue weighted by Crippen LogP contribution is -2.55. The zero-order chi connectivity index (χ0) is 12.0. The van der Waals surface area contributed by atoms with Crippen LogP contribution in [0.5, 0.6) is 0 Å². The lowest BCUT2D eigenvalue weighted by molar-refractivity contribution is 0.112. The van der Waals surface area contributed by atoms with Crippen molar-refractivity contribution in [2.75, 3.05) is 33.4 Å². The first-order valence-corrected chi connectivity index (χ1v) is 6.59. The fourth-order valence-electron chi connectivity index (χ4n) is 2.44.